The topological polar surface area (TPSA) is 37.3 Å². The summed E-state index contributed by atoms with van der Waals surface area (Å²) >= 11 is 5.87. The number of aliphatic carboxylic acids is 1. The van der Waals surface area contributed by atoms with Crippen LogP contribution in [0.15, 0.2) is 11.6 Å². The summed E-state index contributed by atoms with van der Waals surface area (Å²) in [5, 5.41) is 8.98. The molecule has 1 N–H and O–H groups in total. The molecule has 0 aromatic carbocycles. The number of alkyl halides is 1. The Morgan fingerprint density at radius 3 is 2.83 bits per heavy atom. The zero-order chi connectivity index (χ0) is 9.35. The second kappa shape index (κ2) is 3.09. The van der Waals surface area contributed by atoms with Gasteiger partial charge in [0.25, 0.3) is 0 Å². The summed E-state index contributed by atoms with van der Waals surface area (Å²) in [4.78, 5) is 10.9. The van der Waals surface area contributed by atoms with E-state index in [1.54, 1.807) is 6.92 Å². The Morgan fingerprint density at radius 1 is 1.83 bits per heavy atom. The average molecular weight is 189 g/mol. The lowest BCUT2D eigenvalue weighted by molar-refractivity contribution is -0.146. The molecule has 1 rings (SSSR count). The van der Waals surface area contributed by atoms with E-state index in [9.17, 15) is 4.79 Å². The smallest absolute Gasteiger partial charge is 0.313 e. The fraction of sp³-hybridized carbons (Fsp3) is 0.667. The first-order valence-electron chi connectivity index (χ1n) is 4.03. The van der Waals surface area contributed by atoms with Gasteiger partial charge in [0, 0.05) is 0 Å². The molecule has 0 aromatic heterocycles. The Balaban J connectivity index is 2.94. The number of halogens is 1. The summed E-state index contributed by atoms with van der Waals surface area (Å²) in [6.45, 7) is 3.59. The van der Waals surface area contributed by atoms with Crippen molar-refractivity contribution in [1.82, 2.24) is 0 Å². The van der Waals surface area contributed by atoms with Crippen molar-refractivity contribution >= 4 is 17.6 Å². The van der Waals surface area contributed by atoms with Gasteiger partial charge in [-0.3, -0.25) is 4.79 Å². The van der Waals surface area contributed by atoms with E-state index in [0.717, 1.165) is 12.0 Å². The van der Waals surface area contributed by atoms with Crippen LogP contribution < -0.4 is 0 Å². The van der Waals surface area contributed by atoms with Crippen molar-refractivity contribution < 1.29 is 9.90 Å². The van der Waals surface area contributed by atoms with Gasteiger partial charge in [0.05, 0.1) is 10.8 Å². The molecule has 0 saturated carbocycles. The monoisotopic (exact) mass is 188 g/mol. The van der Waals surface area contributed by atoms with Crippen LogP contribution in [0.25, 0.3) is 0 Å². The molecule has 0 radical (unpaired) electrons. The van der Waals surface area contributed by atoms with Gasteiger partial charge in [-0.15, -0.1) is 11.6 Å². The standard InChI is InChI=1S/C9H13ClO2/c1-6-5-7(10)3-4-9(6,2)8(11)12/h5,7H,3-4H2,1-2H3,(H,11,12)/t7-,9-/m0/s1. The van der Waals surface area contributed by atoms with Crippen LogP contribution in [0.1, 0.15) is 26.7 Å². The SMILES string of the molecule is CC1=C[C@@H](Cl)CC[C@]1(C)C(=O)O. The summed E-state index contributed by atoms with van der Waals surface area (Å²) in [5.74, 6) is -0.750. The first-order valence-corrected chi connectivity index (χ1v) is 4.47. The molecular formula is C9H13ClO2. The fourth-order valence-electron chi connectivity index (χ4n) is 1.44. The van der Waals surface area contributed by atoms with E-state index in [4.69, 9.17) is 16.7 Å². The second-order valence-corrected chi connectivity index (χ2v) is 4.10. The molecule has 0 heterocycles. The maximum atomic E-state index is 10.9. The minimum Gasteiger partial charge on any atom is -0.481 e. The molecule has 0 unspecified atom stereocenters. The minimum absolute atomic E-state index is 0.0115. The summed E-state index contributed by atoms with van der Waals surface area (Å²) in [7, 11) is 0. The van der Waals surface area contributed by atoms with Crippen LogP contribution in [0, 0.1) is 5.41 Å². The predicted molar refractivity (Wildman–Crippen MR) is 48.4 cm³/mol. The van der Waals surface area contributed by atoms with E-state index < -0.39 is 11.4 Å². The number of rotatable bonds is 1. The van der Waals surface area contributed by atoms with Crippen molar-refractivity contribution in [2.45, 2.75) is 32.1 Å². The molecule has 0 amide bonds. The van der Waals surface area contributed by atoms with Gasteiger partial charge in [-0.25, -0.2) is 0 Å². The minimum atomic E-state index is -0.750. The molecule has 0 aliphatic heterocycles. The van der Waals surface area contributed by atoms with Crippen molar-refractivity contribution in [3.63, 3.8) is 0 Å². The number of carboxylic acid groups (broad SMARTS) is 1. The highest BCUT2D eigenvalue weighted by molar-refractivity contribution is 6.22. The molecule has 2 nitrogen and oxygen atoms in total. The third-order valence-electron chi connectivity index (χ3n) is 2.69. The first-order chi connectivity index (χ1) is 5.47. The van der Waals surface area contributed by atoms with Gasteiger partial charge in [-0.2, -0.15) is 0 Å². The quantitative estimate of drug-likeness (QED) is 0.507. The average Bonchev–Trinajstić information content (AvgIpc) is 1.97. The number of carbonyl (C=O) groups is 1. The van der Waals surface area contributed by atoms with Gasteiger partial charge in [-0.1, -0.05) is 11.6 Å². The summed E-state index contributed by atoms with van der Waals surface area (Å²) < 4.78 is 0. The first kappa shape index (κ1) is 9.59. The Labute approximate surface area is 77.2 Å². The Hall–Kier alpha value is -0.500. The molecule has 12 heavy (non-hydrogen) atoms. The third-order valence-corrected chi connectivity index (χ3v) is 3.04. The number of hydrogen-bond acceptors (Lipinski definition) is 1. The van der Waals surface area contributed by atoms with Crippen LogP contribution in [0.3, 0.4) is 0 Å². The lowest BCUT2D eigenvalue weighted by Crippen LogP contribution is -2.32. The number of hydrogen-bond donors (Lipinski definition) is 1. The van der Waals surface area contributed by atoms with Crippen LogP contribution in [-0.4, -0.2) is 16.5 Å². The molecule has 0 spiro atoms. The van der Waals surface area contributed by atoms with Gasteiger partial charge in [-0.05, 0) is 26.7 Å². The Bertz CT molecular complexity index is 235. The zero-order valence-corrected chi connectivity index (χ0v) is 8.06. The molecular weight excluding hydrogens is 176 g/mol. The van der Waals surface area contributed by atoms with Gasteiger partial charge in [0.1, 0.15) is 0 Å². The molecule has 68 valence electrons. The second-order valence-electron chi connectivity index (χ2n) is 3.54. The van der Waals surface area contributed by atoms with Crippen LogP contribution >= 0.6 is 11.6 Å². The lowest BCUT2D eigenvalue weighted by Gasteiger charge is -2.31. The van der Waals surface area contributed by atoms with E-state index >= 15 is 0 Å². The van der Waals surface area contributed by atoms with Crippen LogP contribution in [-0.2, 0) is 4.79 Å². The molecule has 0 bridgehead atoms. The number of carboxylic acids is 1. The van der Waals surface area contributed by atoms with Gasteiger partial charge >= 0.3 is 5.97 Å². The van der Waals surface area contributed by atoms with Crippen molar-refractivity contribution in [1.29, 1.82) is 0 Å². The maximum Gasteiger partial charge on any atom is 0.313 e. The van der Waals surface area contributed by atoms with Gasteiger partial charge < -0.3 is 5.11 Å². The lowest BCUT2D eigenvalue weighted by atomic mass is 9.75. The van der Waals surface area contributed by atoms with Crippen LogP contribution in [0.4, 0.5) is 0 Å². The highest BCUT2D eigenvalue weighted by Crippen LogP contribution is 2.38. The van der Waals surface area contributed by atoms with E-state index in [-0.39, 0.29) is 5.38 Å². The van der Waals surface area contributed by atoms with Crippen molar-refractivity contribution in [3.05, 3.63) is 11.6 Å². The van der Waals surface area contributed by atoms with Crippen molar-refractivity contribution in [3.8, 4) is 0 Å². The van der Waals surface area contributed by atoms with Gasteiger partial charge in [0.15, 0.2) is 0 Å². The third kappa shape index (κ3) is 1.48. The fourth-order valence-corrected chi connectivity index (χ4v) is 1.74. The summed E-state index contributed by atoms with van der Waals surface area (Å²) in [6, 6.07) is 0. The highest BCUT2D eigenvalue weighted by Gasteiger charge is 2.37. The molecule has 1 aliphatic rings. The molecule has 3 heteroatoms. The Kier molecular flexibility index (Phi) is 2.47. The van der Waals surface area contributed by atoms with E-state index in [1.165, 1.54) is 0 Å². The maximum absolute atomic E-state index is 10.9. The van der Waals surface area contributed by atoms with E-state index in [0.29, 0.717) is 6.42 Å². The van der Waals surface area contributed by atoms with E-state index in [2.05, 4.69) is 0 Å². The zero-order valence-electron chi connectivity index (χ0n) is 7.30. The largest absolute Gasteiger partial charge is 0.481 e. The molecule has 0 saturated heterocycles. The van der Waals surface area contributed by atoms with Crippen LogP contribution in [0.2, 0.25) is 0 Å². The Morgan fingerprint density at radius 2 is 2.42 bits per heavy atom. The van der Waals surface area contributed by atoms with E-state index in [1.807, 2.05) is 13.0 Å². The predicted octanol–water partition coefficient (Wildman–Crippen LogP) is 2.42. The molecule has 0 aromatic rings. The van der Waals surface area contributed by atoms with Gasteiger partial charge in [0.2, 0.25) is 0 Å². The molecule has 0 fully saturated rings. The number of allylic oxidation sites excluding steroid dienone is 1. The summed E-state index contributed by atoms with van der Waals surface area (Å²) in [6.07, 6.45) is 3.24. The van der Waals surface area contributed by atoms with Crippen molar-refractivity contribution in [2.75, 3.05) is 0 Å². The van der Waals surface area contributed by atoms with Crippen molar-refractivity contribution in [2.24, 2.45) is 5.41 Å². The summed E-state index contributed by atoms with van der Waals surface area (Å²) in [5.41, 5.74) is 0.187. The van der Waals surface area contributed by atoms with Crippen LogP contribution in [0.5, 0.6) is 0 Å². The highest BCUT2D eigenvalue weighted by atomic mass is 35.5. The normalized spacial score (nSPS) is 35.9. The molecule has 1 aliphatic carbocycles. The molecule has 2 atom stereocenters.